The number of nitrogens with zero attached hydrogens (tertiary/aromatic N) is 1. The second-order valence-corrected chi connectivity index (χ2v) is 7.13. The van der Waals surface area contributed by atoms with E-state index in [0.717, 1.165) is 23.4 Å². The molecule has 24 heavy (non-hydrogen) atoms. The van der Waals surface area contributed by atoms with Gasteiger partial charge < -0.3 is 15.2 Å². The number of hydrogen-bond acceptors (Lipinski definition) is 5. The zero-order chi connectivity index (χ0) is 16.9. The number of aromatic nitrogens is 1. The van der Waals surface area contributed by atoms with Gasteiger partial charge in [-0.25, -0.2) is 4.98 Å². The fourth-order valence-corrected chi connectivity index (χ4v) is 3.88. The Morgan fingerprint density at radius 3 is 3.04 bits per heavy atom. The number of nitrogens with one attached hydrogen (secondary N) is 1. The summed E-state index contributed by atoms with van der Waals surface area (Å²) in [4.78, 5) is 17.9. The van der Waals surface area contributed by atoms with Gasteiger partial charge in [-0.05, 0) is 37.8 Å². The summed E-state index contributed by atoms with van der Waals surface area (Å²) in [6.07, 6.45) is 2.94. The largest absolute Gasteiger partial charge is 0.490 e. The van der Waals surface area contributed by atoms with Crippen molar-refractivity contribution in [3.8, 4) is 5.75 Å². The first kappa shape index (κ1) is 16.9. The fourth-order valence-electron chi connectivity index (χ4n) is 2.72. The highest BCUT2D eigenvalue weighted by Gasteiger charge is 2.18. The Morgan fingerprint density at radius 1 is 1.42 bits per heavy atom. The van der Waals surface area contributed by atoms with Crippen LogP contribution in [0.25, 0.3) is 0 Å². The summed E-state index contributed by atoms with van der Waals surface area (Å²) in [6.45, 7) is 2.35. The van der Waals surface area contributed by atoms with Gasteiger partial charge in [0.1, 0.15) is 12.4 Å². The van der Waals surface area contributed by atoms with Crippen molar-refractivity contribution in [2.75, 3.05) is 13.2 Å². The molecule has 5 nitrogen and oxygen atoms in total. The number of fused-ring (bicyclic) bond motifs is 1. The highest BCUT2D eigenvalue weighted by atomic mass is 32.1. The number of ether oxygens (including phenoxy) is 1. The maximum absolute atomic E-state index is 11.9. The molecule has 1 atom stereocenters. The van der Waals surface area contributed by atoms with Gasteiger partial charge in [-0.15, -0.1) is 11.3 Å². The third-order valence-electron chi connectivity index (χ3n) is 4.07. The molecule has 1 heterocycles. The number of amides is 1. The Hall–Kier alpha value is -1.92. The van der Waals surface area contributed by atoms with Crippen molar-refractivity contribution in [2.45, 2.75) is 38.7 Å². The van der Waals surface area contributed by atoms with Gasteiger partial charge in [0.05, 0.1) is 10.7 Å². The zero-order valence-corrected chi connectivity index (χ0v) is 14.6. The van der Waals surface area contributed by atoms with Crippen LogP contribution in [0.4, 0.5) is 0 Å². The van der Waals surface area contributed by atoms with Gasteiger partial charge in [-0.3, -0.25) is 4.79 Å². The lowest BCUT2D eigenvalue weighted by molar-refractivity contribution is -0.130. The van der Waals surface area contributed by atoms with Crippen LogP contribution >= 0.6 is 11.3 Å². The number of para-hydroxylation sites is 1. The van der Waals surface area contributed by atoms with E-state index in [1.807, 2.05) is 31.2 Å². The number of rotatable bonds is 7. The second kappa shape index (κ2) is 7.77. The Labute approximate surface area is 145 Å². The van der Waals surface area contributed by atoms with E-state index in [0.29, 0.717) is 18.7 Å². The van der Waals surface area contributed by atoms with Crippen LogP contribution in [0.3, 0.4) is 0 Å². The standard InChI is InChI=1S/C18H22N2O3S/c1-12-5-2-3-7-15(12)23-11-14(21)18(22)19-10-9-17-20-13-6-4-8-16(13)24-17/h2-3,5,7,14,21H,4,6,8-11H2,1H3,(H,19,22)/t14-/m0/s1. The number of aryl methyl sites for hydroxylation is 3. The van der Waals surface area contributed by atoms with Gasteiger partial charge in [0.15, 0.2) is 6.10 Å². The summed E-state index contributed by atoms with van der Waals surface area (Å²) < 4.78 is 5.50. The van der Waals surface area contributed by atoms with Gasteiger partial charge >= 0.3 is 0 Å². The minimum absolute atomic E-state index is 0.0533. The molecule has 0 bridgehead atoms. The molecule has 128 valence electrons. The molecular weight excluding hydrogens is 324 g/mol. The summed E-state index contributed by atoms with van der Waals surface area (Å²) in [5, 5.41) is 13.7. The average molecular weight is 346 g/mol. The van der Waals surface area contributed by atoms with Gasteiger partial charge in [0.2, 0.25) is 0 Å². The number of hydrogen-bond donors (Lipinski definition) is 2. The predicted octanol–water partition coefficient (Wildman–Crippen LogP) is 2.04. The lowest BCUT2D eigenvalue weighted by Crippen LogP contribution is -2.39. The number of carbonyl (C=O) groups excluding carboxylic acids is 1. The van der Waals surface area contributed by atoms with Gasteiger partial charge in [0.25, 0.3) is 5.91 Å². The lowest BCUT2D eigenvalue weighted by Gasteiger charge is -2.13. The molecule has 3 rings (SSSR count). The topological polar surface area (TPSA) is 71.5 Å². The van der Waals surface area contributed by atoms with Crippen molar-refractivity contribution in [3.63, 3.8) is 0 Å². The van der Waals surface area contributed by atoms with Crippen LogP contribution in [-0.4, -0.2) is 35.3 Å². The van der Waals surface area contributed by atoms with Crippen LogP contribution in [0.2, 0.25) is 0 Å². The smallest absolute Gasteiger partial charge is 0.252 e. The second-order valence-electron chi connectivity index (χ2n) is 5.96. The summed E-state index contributed by atoms with van der Waals surface area (Å²) in [5.74, 6) is 0.273. The van der Waals surface area contributed by atoms with E-state index in [1.165, 1.54) is 17.0 Å². The average Bonchev–Trinajstić information content (AvgIpc) is 3.15. The van der Waals surface area contributed by atoms with Crippen LogP contribution in [0.5, 0.6) is 5.75 Å². The molecule has 1 aliphatic carbocycles. The molecule has 0 aliphatic heterocycles. The quantitative estimate of drug-likeness (QED) is 0.805. The number of aliphatic hydroxyl groups is 1. The monoisotopic (exact) mass is 346 g/mol. The maximum Gasteiger partial charge on any atom is 0.252 e. The summed E-state index contributed by atoms with van der Waals surface area (Å²) in [7, 11) is 0. The van der Waals surface area contributed by atoms with Gasteiger partial charge in [-0.1, -0.05) is 18.2 Å². The van der Waals surface area contributed by atoms with E-state index in [9.17, 15) is 9.90 Å². The molecule has 1 aromatic heterocycles. The molecule has 0 unspecified atom stereocenters. The Bertz CT molecular complexity index is 693. The summed E-state index contributed by atoms with van der Waals surface area (Å²) in [5.41, 5.74) is 2.20. The molecule has 0 fully saturated rings. The summed E-state index contributed by atoms with van der Waals surface area (Å²) >= 11 is 1.74. The van der Waals surface area contributed by atoms with E-state index < -0.39 is 12.0 Å². The first-order valence-corrected chi connectivity index (χ1v) is 9.07. The molecule has 0 radical (unpaired) electrons. The molecule has 1 aromatic carbocycles. The summed E-state index contributed by atoms with van der Waals surface area (Å²) in [6, 6.07) is 7.52. The predicted molar refractivity (Wildman–Crippen MR) is 93.5 cm³/mol. The molecule has 1 aliphatic rings. The van der Waals surface area contributed by atoms with Crippen molar-refractivity contribution in [2.24, 2.45) is 0 Å². The molecule has 0 spiro atoms. The Morgan fingerprint density at radius 2 is 2.25 bits per heavy atom. The van der Waals surface area contributed by atoms with Crippen LogP contribution in [-0.2, 0) is 24.1 Å². The molecule has 6 heteroatoms. The zero-order valence-electron chi connectivity index (χ0n) is 13.7. The number of carbonyl (C=O) groups is 1. The first-order chi connectivity index (χ1) is 11.6. The van der Waals surface area contributed by atoms with Crippen molar-refractivity contribution in [1.29, 1.82) is 0 Å². The third kappa shape index (κ3) is 4.13. The minimum Gasteiger partial charge on any atom is -0.490 e. The van der Waals surface area contributed by atoms with E-state index in [2.05, 4.69) is 10.3 Å². The molecule has 2 aromatic rings. The van der Waals surface area contributed by atoms with Crippen LogP contribution in [0, 0.1) is 6.92 Å². The van der Waals surface area contributed by atoms with E-state index in [1.54, 1.807) is 11.3 Å². The van der Waals surface area contributed by atoms with E-state index in [-0.39, 0.29) is 6.61 Å². The Kier molecular flexibility index (Phi) is 5.48. The SMILES string of the molecule is Cc1ccccc1OC[C@H](O)C(=O)NCCc1nc2c(s1)CCC2. The van der Waals surface area contributed by atoms with Crippen LogP contribution < -0.4 is 10.1 Å². The molecular formula is C18H22N2O3S. The molecule has 0 saturated carbocycles. The lowest BCUT2D eigenvalue weighted by atomic mass is 10.2. The highest BCUT2D eigenvalue weighted by Crippen LogP contribution is 2.27. The fraction of sp³-hybridized carbons (Fsp3) is 0.444. The maximum atomic E-state index is 11.9. The number of benzene rings is 1. The first-order valence-electron chi connectivity index (χ1n) is 8.25. The molecule has 2 N–H and O–H groups in total. The van der Waals surface area contributed by atoms with Crippen LogP contribution in [0.1, 0.15) is 27.6 Å². The molecule has 1 amide bonds. The Balaban J connectivity index is 1.40. The number of thiazole rings is 1. The normalized spacial score (nSPS) is 14.2. The molecule has 0 saturated heterocycles. The van der Waals surface area contributed by atoms with Crippen molar-refractivity contribution in [3.05, 3.63) is 45.4 Å². The number of aliphatic hydroxyl groups excluding tert-OH is 1. The van der Waals surface area contributed by atoms with Crippen molar-refractivity contribution >= 4 is 17.2 Å². The van der Waals surface area contributed by atoms with Crippen molar-refractivity contribution in [1.82, 2.24) is 10.3 Å². The van der Waals surface area contributed by atoms with E-state index in [4.69, 9.17) is 4.74 Å². The highest BCUT2D eigenvalue weighted by molar-refractivity contribution is 7.11. The third-order valence-corrected chi connectivity index (χ3v) is 5.29. The van der Waals surface area contributed by atoms with Crippen molar-refractivity contribution < 1.29 is 14.6 Å². The van der Waals surface area contributed by atoms with Gasteiger partial charge in [-0.2, -0.15) is 0 Å². The minimum atomic E-state index is -1.18. The van der Waals surface area contributed by atoms with Gasteiger partial charge in [0, 0.05) is 17.8 Å². The van der Waals surface area contributed by atoms with Crippen LogP contribution in [0.15, 0.2) is 24.3 Å². The van der Waals surface area contributed by atoms with E-state index >= 15 is 0 Å².